The van der Waals surface area contributed by atoms with Crippen LogP contribution < -0.4 is 9.64 Å². The Labute approximate surface area is 178 Å². The van der Waals surface area contributed by atoms with Gasteiger partial charge in [-0.1, -0.05) is 22.9 Å². The van der Waals surface area contributed by atoms with Gasteiger partial charge in [0.15, 0.2) is 10.8 Å². The van der Waals surface area contributed by atoms with E-state index in [-0.39, 0.29) is 12.0 Å². The molecule has 0 unspecified atom stereocenters. The third kappa shape index (κ3) is 3.84. The molecule has 0 aliphatic carbocycles. The van der Waals surface area contributed by atoms with Crippen LogP contribution in [-0.2, 0) is 11.3 Å². The summed E-state index contributed by atoms with van der Waals surface area (Å²) >= 11 is 7.76. The van der Waals surface area contributed by atoms with Gasteiger partial charge in [0.2, 0.25) is 0 Å². The first-order chi connectivity index (χ1) is 14.0. The number of amides is 1. The third-order valence-corrected chi connectivity index (χ3v) is 6.59. The summed E-state index contributed by atoms with van der Waals surface area (Å²) in [6.07, 6.45) is 1.90. The second-order valence-electron chi connectivity index (χ2n) is 6.96. The summed E-state index contributed by atoms with van der Waals surface area (Å²) in [5, 5.41) is 5.61. The van der Waals surface area contributed by atoms with E-state index in [0.717, 1.165) is 29.8 Å². The molecule has 2 aromatic heterocycles. The first kappa shape index (κ1) is 20.1. The maximum absolute atomic E-state index is 13.4. The number of anilines is 1. The predicted octanol–water partition coefficient (Wildman–Crippen LogP) is 4.31. The van der Waals surface area contributed by atoms with Crippen LogP contribution in [0.4, 0.5) is 5.13 Å². The van der Waals surface area contributed by atoms with Gasteiger partial charge in [0.05, 0.1) is 29.5 Å². The SMILES string of the molecule is CCn1nc(C(=O)N(C[C@H]2CCCO2)c2nc3c(OC)ccc(Cl)c3s2)cc1C. The molecular formula is C20H23ClN4O3S. The number of halogens is 1. The van der Waals surface area contributed by atoms with Crippen LogP contribution in [-0.4, -0.2) is 47.0 Å². The van der Waals surface area contributed by atoms with Crippen LogP contribution in [0.25, 0.3) is 10.2 Å². The van der Waals surface area contributed by atoms with Gasteiger partial charge in [-0.05, 0) is 44.9 Å². The Balaban J connectivity index is 1.76. The maximum Gasteiger partial charge on any atom is 0.280 e. The molecule has 9 heteroatoms. The molecule has 0 N–H and O–H groups in total. The summed E-state index contributed by atoms with van der Waals surface area (Å²) in [5.74, 6) is 0.437. The fourth-order valence-electron chi connectivity index (χ4n) is 3.53. The lowest BCUT2D eigenvalue weighted by Gasteiger charge is -2.22. The number of methoxy groups -OCH3 is 1. The van der Waals surface area contributed by atoms with E-state index < -0.39 is 0 Å². The number of carbonyl (C=O) groups excluding carboxylic acids is 1. The minimum atomic E-state index is -0.190. The number of thiazole rings is 1. The number of aromatic nitrogens is 3. The lowest BCUT2D eigenvalue weighted by Crippen LogP contribution is -2.37. The third-order valence-electron chi connectivity index (χ3n) is 5.05. The molecule has 1 aromatic carbocycles. The van der Waals surface area contributed by atoms with Gasteiger partial charge in [-0.25, -0.2) is 4.98 Å². The minimum absolute atomic E-state index is 0.0160. The number of rotatable bonds is 6. The average Bonchev–Trinajstić information content (AvgIpc) is 3.45. The van der Waals surface area contributed by atoms with Crippen molar-refractivity contribution in [1.29, 1.82) is 0 Å². The number of aryl methyl sites for hydroxylation is 2. The molecule has 1 amide bonds. The van der Waals surface area contributed by atoms with Gasteiger partial charge >= 0.3 is 0 Å². The van der Waals surface area contributed by atoms with Crippen molar-refractivity contribution in [3.63, 3.8) is 0 Å². The number of hydrogen-bond donors (Lipinski definition) is 0. The van der Waals surface area contributed by atoms with Crippen molar-refractivity contribution in [2.75, 3.05) is 25.2 Å². The molecular weight excluding hydrogens is 412 g/mol. The number of fused-ring (bicyclic) bond motifs is 1. The van der Waals surface area contributed by atoms with Crippen molar-refractivity contribution in [2.45, 2.75) is 39.3 Å². The molecule has 4 rings (SSSR count). The largest absolute Gasteiger partial charge is 0.494 e. The normalized spacial score (nSPS) is 16.5. The molecule has 3 aromatic rings. The number of hydrogen-bond acceptors (Lipinski definition) is 6. The zero-order valence-electron chi connectivity index (χ0n) is 16.6. The fraction of sp³-hybridized carbons (Fsp3) is 0.450. The predicted molar refractivity (Wildman–Crippen MR) is 114 cm³/mol. The van der Waals surface area contributed by atoms with E-state index in [0.29, 0.717) is 40.2 Å². The lowest BCUT2D eigenvalue weighted by atomic mass is 10.2. The summed E-state index contributed by atoms with van der Waals surface area (Å²) in [7, 11) is 1.59. The monoisotopic (exact) mass is 434 g/mol. The van der Waals surface area contributed by atoms with E-state index >= 15 is 0 Å². The zero-order chi connectivity index (χ0) is 20.5. The summed E-state index contributed by atoms with van der Waals surface area (Å²) in [5.41, 5.74) is 2.00. The summed E-state index contributed by atoms with van der Waals surface area (Å²) in [6, 6.07) is 5.38. The fourth-order valence-corrected chi connectivity index (χ4v) is 4.80. The van der Waals surface area contributed by atoms with Gasteiger partial charge in [-0.15, -0.1) is 0 Å². The van der Waals surface area contributed by atoms with Gasteiger partial charge in [0.25, 0.3) is 5.91 Å². The smallest absolute Gasteiger partial charge is 0.280 e. The molecule has 154 valence electrons. The minimum Gasteiger partial charge on any atom is -0.494 e. The summed E-state index contributed by atoms with van der Waals surface area (Å²) in [6.45, 7) is 5.80. The zero-order valence-corrected chi connectivity index (χ0v) is 18.2. The van der Waals surface area contributed by atoms with E-state index in [1.165, 1.54) is 11.3 Å². The molecule has 3 heterocycles. The van der Waals surface area contributed by atoms with Crippen molar-refractivity contribution in [2.24, 2.45) is 0 Å². The average molecular weight is 435 g/mol. The first-order valence-electron chi connectivity index (χ1n) is 9.62. The standard InChI is InChI=1S/C20H23ClN4O3S/c1-4-25-12(2)10-15(23-25)19(26)24(11-13-6-5-9-28-13)20-22-17-16(27-3)8-7-14(21)18(17)29-20/h7-8,10,13H,4-6,9,11H2,1-3H3/t13-/m1/s1. The molecule has 0 radical (unpaired) electrons. The Morgan fingerprint density at radius 1 is 1.48 bits per heavy atom. The topological polar surface area (TPSA) is 69.5 Å². The summed E-state index contributed by atoms with van der Waals surface area (Å²) < 4.78 is 13.8. The Bertz CT molecular complexity index is 1040. The first-order valence-corrected chi connectivity index (χ1v) is 10.8. The molecule has 0 saturated carbocycles. The molecule has 7 nitrogen and oxygen atoms in total. The molecule has 29 heavy (non-hydrogen) atoms. The highest BCUT2D eigenvalue weighted by Gasteiger charge is 2.29. The number of ether oxygens (including phenoxy) is 2. The van der Waals surface area contributed by atoms with E-state index in [1.54, 1.807) is 24.1 Å². The van der Waals surface area contributed by atoms with Gasteiger partial charge in [0, 0.05) is 18.8 Å². The van der Waals surface area contributed by atoms with Crippen molar-refractivity contribution < 1.29 is 14.3 Å². The number of nitrogens with zero attached hydrogens (tertiary/aromatic N) is 4. The van der Waals surface area contributed by atoms with Gasteiger partial charge in [0.1, 0.15) is 11.3 Å². The Morgan fingerprint density at radius 3 is 2.97 bits per heavy atom. The highest BCUT2D eigenvalue weighted by Crippen LogP contribution is 2.39. The van der Waals surface area contributed by atoms with Crippen LogP contribution in [0.2, 0.25) is 5.02 Å². The van der Waals surface area contributed by atoms with Crippen molar-refractivity contribution in [3.8, 4) is 5.75 Å². The van der Waals surface area contributed by atoms with Crippen LogP contribution in [0.5, 0.6) is 5.75 Å². The van der Waals surface area contributed by atoms with E-state index in [2.05, 4.69) is 5.10 Å². The molecule has 1 aliphatic heterocycles. The molecule has 0 spiro atoms. The number of carbonyl (C=O) groups is 1. The van der Waals surface area contributed by atoms with Crippen LogP contribution in [0.3, 0.4) is 0 Å². The van der Waals surface area contributed by atoms with E-state index in [4.69, 9.17) is 26.1 Å². The highest BCUT2D eigenvalue weighted by molar-refractivity contribution is 7.23. The molecule has 1 atom stereocenters. The van der Waals surface area contributed by atoms with Gasteiger partial charge in [-0.2, -0.15) is 5.10 Å². The second kappa shape index (κ2) is 8.30. The van der Waals surface area contributed by atoms with Crippen LogP contribution >= 0.6 is 22.9 Å². The van der Waals surface area contributed by atoms with Crippen LogP contribution in [0, 0.1) is 6.92 Å². The lowest BCUT2D eigenvalue weighted by molar-refractivity contribution is 0.0912. The summed E-state index contributed by atoms with van der Waals surface area (Å²) in [4.78, 5) is 19.8. The molecule has 1 saturated heterocycles. The maximum atomic E-state index is 13.4. The van der Waals surface area contributed by atoms with Crippen LogP contribution in [0.1, 0.15) is 35.9 Å². The van der Waals surface area contributed by atoms with Crippen molar-refractivity contribution in [3.05, 3.63) is 34.6 Å². The Hall–Kier alpha value is -2.16. The van der Waals surface area contributed by atoms with Crippen molar-refractivity contribution in [1.82, 2.24) is 14.8 Å². The quantitative estimate of drug-likeness (QED) is 0.578. The van der Waals surface area contributed by atoms with Gasteiger partial charge in [-0.3, -0.25) is 14.4 Å². The van der Waals surface area contributed by atoms with Crippen molar-refractivity contribution >= 4 is 44.2 Å². The molecule has 0 bridgehead atoms. The molecule has 1 aliphatic rings. The van der Waals surface area contributed by atoms with Gasteiger partial charge < -0.3 is 9.47 Å². The second-order valence-corrected chi connectivity index (χ2v) is 8.35. The Kier molecular flexibility index (Phi) is 5.76. The Morgan fingerprint density at radius 2 is 2.31 bits per heavy atom. The van der Waals surface area contributed by atoms with E-state index in [1.807, 2.05) is 24.6 Å². The van der Waals surface area contributed by atoms with Crippen LogP contribution in [0.15, 0.2) is 18.2 Å². The molecule has 1 fully saturated rings. The van der Waals surface area contributed by atoms with E-state index in [9.17, 15) is 4.79 Å². The highest BCUT2D eigenvalue weighted by atomic mass is 35.5. The number of benzene rings is 1.